The molecule has 57 heavy (non-hydrogen) atoms. The zero-order valence-corrected chi connectivity index (χ0v) is 33.3. The fourth-order valence-corrected chi connectivity index (χ4v) is 12.4. The van der Waals surface area contributed by atoms with Crippen molar-refractivity contribution in [2.24, 2.45) is 0 Å². The molecule has 1 aliphatic rings. The van der Waals surface area contributed by atoms with Crippen molar-refractivity contribution in [1.29, 1.82) is 0 Å². The lowest BCUT2D eigenvalue weighted by molar-refractivity contribution is 1.28. The first-order valence-corrected chi connectivity index (χ1v) is 22.7. The van der Waals surface area contributed by atoms with E-state index in [9.17, 15) is 0 Å². The summed E-state index contributed by atoms with van der Waals surface area (Å²) in [6, 6.07) is 83.2. The first kappa shape index (κ1) is 35.7. The number of para-hydroxylation sites is 4. The minimum atomic E-state index is -2.39. The number of allylic oxidation sites excluding steroid dienone is 2. The van der Waals surface area contributed by atoms with Crippen LogP contribution < -0.4 is 9.80 Å². The van der Waals surface area contributed by atoms with Crippen LogP contribution in [0.3, 0.4) is 0 Å². The van der Waals surface area contributed by atoms with E-state index < -0.39 is 8.07 Å². The topological polar surface area (TPSA) is 6.48 Å². The Morgan fingerprint density at radius 1 is 0.246 bits per heavy atom. The molecule has 0 aliphatic carbocycles. The van der Waals surface area contributed by atoms with Gasteiger partial charge in [0.05, 0.1) is 0 Å². The fraction of sp³-hybridized carbons (Fsp3) is 0.0370. The van der Waals surface area contributed by atoms with Crippen LogP contribution in [-0.2, 0) is 0 Å². The molecule has 2 nitrogen and oxygen atoms in total. The van der Waals surface area contributed by atoms with Gasteiger partial charge in [-0.1, -0.05) is 171 Å². The largest absolute Gasteiger partial charge is 0.311 e. The lowest BCUT2D eigenvalue weighted by Crippen LogP contribution is -2.28. The molecule has 0 saturated heterocycles. The van der Waals surface area contributed by atoms with Crippen LogP contribution in [0.5, 0.6) is 0 Å². The molecule has 0 atom stereocenters. The van der Waals surface area contributed by atoms with Crippen LogP contribution in [0, 0.1) is 0 Å². The highest BCUT2D eigenvalue weighted by atomic mass is 28.3. The molecule has 0 N–H and O–H groups in total. The van der Waals surface area contributed by atoms with Gasteiger partial charge in [-0.25, -0.2) is 0 Å². The highest BCUT2D eigenvalue weighted by Crippen LogP contribution is 2.56. The van der Waals surface area contributed by atoms with Gasteiger partial charge < -0.3 is 9.80 Å². The molecule has 0 radical (unpaired) electrons. The summed E-state index contributed by atoms with van der Waals surface area (Å²) in [5.41, 5.74) is 14.5. The predicted molar refractivity (Wildman–Crippen MR) is 246 cm³/mol. The van der Waals surface area contributed by atoms with Crippen LogP contribution in [0.25, 0.3) is 21.5 Å². The van der Waals surface area contributed by atoms with E-state index in [1.165, 1.54) is 43.8 Å². The molecule has 274 valence electrons. The average Bonchev–Trinajstić information content (AvgIpc) is 3.53. The van der Waals surface area contributed by atoms with E-state index in [0.717, 1.165) is 34.1 Å². The van der Waals surface area contributed by atoms with Gasteiger partial charge >= 0.3 is 0 Å². The van der Waals surface area contributed by atoms with Crippen molar-refractivity contribution in [3.63, 3.8) is 0 Å². The minimum absolute atomic E-state index is 1.13. The molecule has 0 fully saturated rings. The van der Waals surface area contributed by atoms with Crippen LogP contribution in [-0.4, -0.2) is 8.07 Å². The zero-order chi connectivity index (χ0) is 38.6. The molecule has 1 aliphatic heterocycles. The van der Waals surface area contributed by atoms with E-state index in [-0.39, 0.29) is 0 Å². The Balaban J connectivity index is 1.20. The Hall–Kier alpha value is -6.94. The normalized spacial score (nSPS) is 13.4. The van der Waals surface area contributed by atoms with Crippen molar-refractivity contribution in [2.45, 2.75) is 13.1 Å². The third kappa shape index (κ3) is 6.95. The van der Waals surface area contributed by atoms with Crippen molar-refractivity contribution in [3.8, 4) is 0 Å². The van der Waals surface area contributed by atoms with Crippen LogP contribution >= 0.6 is 0 Å². The van der Waals surface area contributed by atoms with E-state index in [2.05, 4.69) is 253 Å². The van der Waals surface area contributed by atoms with Crippen LogP contribution in [0.4, 0.5) is 34.1 Å². The van der Waals surface area contributed by atoms with Crippen molar-refractivity contribution in [1.82, 2.24) is 0 Å². The van der Waals surface area contributed by atoms with Crippen molar-refractivity contribution in [3.05, 3.63) is 253 Å². The average molecular weight is 749 g/mol. The Labute approximate surface area is 338 Å². The van der Waals surface area contributed by atoms with Crippen LogP contribution in [0.15, 0.2) is 231 Å². The van der Waals surface area contributed by atoms with E-state index >= 15 is 0 Å². The van der Waals surface area contributed by atoms with Gasteiger partial charge in [-0.05, 0) is 117 Å². The second kappa shape index (κ2) is 15.7. The smallest absolute Gasteiger partial charge is 0.115 e. The van der Waals surface area contributed by atoms with E-state index in [1.807, 2.05) is 0 Å². The van der Waals surface area contributed by atoms with Gasteiger partial charge in [0.15, 0.2) is 0 Å². The Morgan fingerprint density at radius 3 is 0.737 bits per heavy atom. The summed E-state index contributed by atoms with van der Waals surface area (Å²) < 4.78 is 0. The number of anilines is 6. The SMILES string of the molecule is C[Si]1(C)C(c2ccc(N(c3ccccc3)c3ccccc3)cc2)=C(c2ccccc2)C(c2ccccc2)=C1c1ccc(N(c2ccccc2)c2ccccc2)cc1. The van der Waals surface area contributed by atoms with E-state index in [0.29, 0.717) is 0 Å². The molecule has 9 rings (SSSR count). The van der Waals surface area contributed by atoms with Gasteiger partial charge in [-0.2, -0.15) is 0 Å². The molecule has 1 heterocycles. The lowest BCUT2D eigenvalue weighted by Gasteiger charge is -2.29. The van der Waals surface area contributed by atoms with Gasteiger partial charge in [-0.3, -0.25) is 0 Å². The Bertz CT molecular complexity index is 2370. The second-order valence-electron chi connectivity index (χ2n) is 15.0. The summed E-state index contributed by atoms with van der Waals surface area (Å²) in [7, 11) is -2.39. The molecule has 0 unspecified atom stereocenters. The zero-order valence-electron chi connectivity index (χ0n) is 32.3. The highest BCUT2D eigenvalue weighted by Gasteiger charge is 2.43. The number of benzene rings is 8. The van der Waals surface area contributed by atoms with Gasteiger partial charge in [0.25, 0.3) is 0 Å². The van der Waals surface area contributed by atoms with Crippen molar-refractivity contribution in [2.75, 3.05) is 9.80 Å². The van der Waals surface area contributed by atoms with Crippen LogP contribution in [0.2, 0.25) is 13.1 Å². The maximum Gasteiger partial charge on any atom is 0.115 e. The van der Waals surface area contributed by atoms with Gasteiger partial charge in [0.1, 0.15) is 8.07 Å². The quantitative estimate of drug-likeness (QED) is 0.129. The van der Waals surface area contributed by atoms with Crippen molar-refractivity contribution < 1.29 is 0 Å². The molecule has 0 spiro atoms. The summed E-state index contributed by atoms with van der Waals surface area (Å²) in [6.07, 6.45) is 0. The number of hydrogen-bond acceptors (Lipinski definition) is 2. The second-order valence-corrected chi connectivity index (χ2v) is 19.2. The number of rotatable bonds is 10. The van der Waals surface area contributed by atoms with E-state index in [4.69, 9.17) is 0 Å². The Morgan fingerprint density at radius 2 is 0.474 bits per heavy atom. The number of nitrogens with zero attached hydrogens (tertiary/aromatic N) is 2. The molecule has 8 aromatic carbocycles. The minimum Gasteiger partial charge on any atom is -0.311 e. The fourth-order valence-electron chi connectivity index (χ4n) is 8.55. The van der Waals surface area contributed by atoms with Gasteiger partial charge in [-0.15, -0.1) is 0 Å². The first-order chi connectivity index (χ1) is 28.1. The molecular formula is C54H44N2Si. The molecule has 3 heteroatoms. The summed E-state index contributed by atoms with van der Waals surface area (Å²) in [5.74, 6) is 0. The first-order valence-electron chi connectivity index (χ1n) is 19.7. The maximum absolute atomic E-state index is 2.54. The lowest BCUT2D eigenvalue weighted by atomic mass is 9.89. The molecule has 8 aromatic rings. The standard InChI is InChI=1S/C54H44N2Si/c1-57(2)53(43-33-37-49(38-34-43)55(45-25-13-5-14-26-45)46-27-15-6-16-28-46)51(41-21-9-3-10-22-41)52(42-23-11-4-12-24-42)54(57)44-35-39-50(40-36-44)56(47-29-17-7-18-30-47)48-31-19-8-20-32-48/h3-40H,1-2H3. The third-order valence-corrected chi connectivity index (χ3v) is 14.6. The summed E-state index contributed by atoms with van der Waals surface area (Å²) in [4.78, 5) is 4.67. The third-order valence-electron chi connectivity index (χ3n) is 11.0. The van der Waals surface area contributed by atoms with Gasteiger partial charge in [0.2, 0.25) is 0 Å². The molecule has 0 bridgehead atoms. The highest BCUT2D eigenvalue weighted by molar-refractivity contribution is 7.13. The molecule has 0 amide bonds. The van der Waals surface area contributed by atoms with Gasteiger partial charge in [0, 0.05) is 34.1 Å². The van der Waals surface area contributed by atoms with Crippen LogP contribution in [0.1, 0.15) is 22.3 Å². The van der Waals surface area contributed by atoms with E-state index in [1.54, 1.807) is 0 Å². The summed E-state index contributed by atoms with van der Waals surface area (Å²) >= 11 is 0. The Kier molecular flexibility index (Phi) is 9.82. The summed E-state index contributed by atoms with van der Waals surface area (Å²) in [5, 5.41) is 2.92. The molecular weight excluding hydrogens is 705 g/mol. The molecule has 0 saturated carbocycles. The number of hydrogen-bond donors (Lipinski definition) is 0. The maximum atomic E-state index is 2.54. The predicted octanol–water partition coefficient (Wildman–Crippen LogP) is 14.9. The molecule has 0 aromatic heterocycles. The summed E-state index contributed by atoms with van der Waals surface area (Å²) in [6.45, 7) is 5.08. The van der Waals surface area contributed by atoms with Crippen molar-refractivity contribution >= 4 is 63.7 Å². The monoisotopic (exact) mass is 748 g/mol.